The highest BCUT2D eigenvalue weighted by Gasteiger charge is 2.25. The van der Waals surface area contributed by atoms with Crippen molar-refractivity contribution in [2.75, 3.05) is 6.67 Å². The smallest absolute Gasteiger partial charge is 0.253 e. The second-order valence-electron chi connectivity index (χ2n) is 6.88. The van der Waals surface area contributed by atoms with E-state index in [1.165, 1.54) is 0 Å². The molecule has 28 heavy (non-hydrogen) atoms. The molecule has 0 spiro atoms. The summed E-state index contributed by atoms with van der Waals surface area (Å²) >= 11 is 10.9. The van der Waals surface area contributed by atoms with Gasteiger partial charge < -0.3 is 16.2 Å². The molecule has 2 aromatic rings. The van der Waals surface area contributed by atoms with Crippen molar-refractivity contribution < 1.29 is 14.3 Å². The largest absolute Gasteiger partial charge is 0.386 e. The second-order valence-corrected chi connectivity index (χ2v) is 7.97. The number of nitrogens with one attached hydrogen (secondary N) is 1. The summed E-state index contributed by atoms with van der Waals surface area (Å²) in [7, 11) is 0. The molecule has 152 valence electrons. The fourth-order valence-corrected chi connectivity index (χ4v) is 2.79. The highest BCUT2D eigenvalue weighted by atomic mass is 35.5. The first-order valence-corrected chi connectivity index (χ1v) is 9.76. The van der Waals surface area contributed by atoms with Crippen LogP contribution in [0.5, 0.6) is 0 Å². The predicted molar refractivity (Wildman–Crippen MR) is 110 cm³/mol. The van der Waals surface area contributed by atoms with E-state index < -0.39 is 29.6 Å². The minimum Gasteiger partial charge on any atom is -0.386 e. The summed E-state index contributed by atoms with van der Waals surface area (Å²) in [5.41, 5.74) is 9.16. The van der Waals surface area contributed by atoms with Gasteiger partial charge in [-0.1, -0.05) is 67.4 Å². The molecule has 0 bridgehead atoms. The number of benzene rings is 1. The van der Waals surface area contributed by atoms with E-state index in [9.17, 15) is 14.3 Å². The Kier molecular flexibility index (Phi) is 8.19. The molecule has 0 fully saturated rings. The van der Waals surface area contributed by atoms with Crippen LogP contribution in [0.15, 0.2) is 42.6 Å². The van der Waals surface area contributed by atoms with Crippen LogP contribution in [0.2, 0.25) is 0 Å². The number of halogens is 3. The normalized spacial score (nSPS) is 14.8. The average Bonchev–Trinajstić information content (AvgIpc) is 2.70. The Bertz CT molecular complexity index is 770. The van der Waals surface area contributed by atoms with Crippen molar-refractivity contribution in [2.45, 2.75) is 36.9 Å². The van der Waals surface area contributed by atoms with Crippen LogP contribution in [0.25, 0.3) is 11.1 Å². The number of aromatic nitrogens is 1. The Morgan fingerprint density at radius 1 is 1.18 bits per heavy atom. The molecule has 0 aliphatic carbocycles. The fraction of sp³-hybridized carbons (Fsp3) is 0.400. The Balaban J connectivity index is 2.12. The number of aliphatic hydroxyl groups is 1. The van der Waals surface area contributed by atoms with E-state index in [4.69, 9.17) is 28.9 Å². The summed E-state index contributed by atoms with van der Waals surface area (Å²) in [5, 5.41) is 12.6. The van der Waals surface area contributed by atoms with Crippen LogP contribution >= 0.6 is 23.2 Å². The summed E-state index contributed by atoms with van der Waals surface area (Å²) < 4.78 is 13.2. The van der Waals surface area contributed by atoms with Crippen LogP contribution in [0.3, 0.4) is 0 Å². The van der Waals surface area contributed by atoms with Gasteiger partial charge >= 0.3 is 0 Å². The molecule has 1 aromatic carbocycles. The minimum atomic E-state index is -1.33. The Morgan fingerprint density at radius 3 is 2.25 bits per heavy atom. The lowest BCUT2D eigenvalue weighted by Crippen LogP contribution is -2.43. The van der Waals surface area contributed by atoms with Crippen LogP contribution in [-0.2, 0) is 4.79 Å². The van der Waals surface area contributed by atoms with Gasteiger partial charge in [0.2, 0.25) is 0 Å². The Hall–Kier alpha value is -1.73. The summed E-state index contributed by atoms with van der Waals surface area (Å²) in [6.07, 6.45) is 0.508. The zero-order chi connectivity index (χ0) is 20.8. The van der Waals surface area contributed by atoms with Crippen molar-refractivity contribution in [3.8, 4) is 11.1 Å². The highest BCUT2D eigenvalue weighted by Crippen LogP contribution is 2.25. The first-order valence-electron chi connectivity index (χ1n) is 8.89. The molecule has 4 N–H and O–H groups in total. The maximum absolute atomic E-state index is 13.2. The van der Waals surface area contributed by atoms with Gasteiger partial charge in [0.15, 0.2) is 4.84 Å². The quantitative estimate of drug-likeness (QED) is 0.560. The SMILES string of the molecule is CC(C)C(N)c1ccc(-c2ccc([C@H](O)[C@@H](CF)NC(=O)C(Cl)Cl)cc2)cn1. The Labute approximate surface area is 174 Å². The molecule has 0 saturated carbocycles. The van der Waals surface area contributed by atoms with Crippen LogP contribution < -0.4 is 11.1 Å². The lowest BCUT2D eigenvalue weighted by Gasteiger charge is -2.22. The number of rotatable bonds is 8. The number of carbonyl (C=O) groups excluding carboxylic acids is 1. The Morgan fingerprint density at radius 2 is 1.79 bits per heavy atom. The number of amides is 1. The molecule has 0 aliphatic heterocycles. The number of carbonyl (C=O) groups is 1. The molecule has 0 saturated heterocycles. The lowest BCUT2D eigenvalue weighted by atomic mass is 9.98. The number of nitrogens with two attached hydrogens (primary N) is 1. The van der Waals surface area contributed by atoms with Gasteiger partial charge in [0.25, 0.3) is 5.91 Å². The van der Waals surface area contributed by atoms with Crippen LogP contribution in [-0.4, -0.2) is 33.6 Å². The van der Waals surface area contributed by atoms with E-state index in [1.807, 2.05) is 26.0 Å². The van der Waals surface area contributed by atoms with Crippen LogP contribution in [0.4, 0.5) is 4.39 Å². The van der Waals surface area contributed by atoms with E-state index in [2.05, 4.69) is 10.3 Å². The first-order chi connectivity index (χ1) is 13.2. The third-order valence-corrected chi connectivity index (χ3v) is 4.90. The summed E-state index contributed by atoms with van der Waals surface area (Å²) in [4.78, 5) is 14.6. The third kappa shape index (κ3) is 5.64. The zero-order valence-electron chi connectivity index (χ0n) is 15.6. The standard InChI is InChI=1S/C20H24Cl2FN3O2/c1-11(2)17(24)15-8-7-14(10-25-15)12-3-5-13(6-4-12)18(27)16(9-23)26-20(28)19(21)22/h3-8,10-11,16-19,27H,9,24H2,1-2H3,(H,26,28)/t16-,17?,18+/m1/s1. The number of hydrogen-bond acceptors (Lipinski definition) is 4. The lowest BCUT2D eigenvalue weighted by molar-refractivity contribution is -0.121. The van der Waals surface area contributed by atoms with Crippen molar-refractivity contribution >= 4 is 29.1 Å². The molecule has 1 amide bonds. The van der Waals surface area contributed by atoms with Gasteiger partial charge in [0.1, 0.15) is 12.8 Å². The van der Waals surface area contributed by atoms with Crippen LogP contribution in [0.1, 0.15) is 37.3 Å². The molecular formula is C20H24Cl2FN3O2. The molecule has 1 heterocycles. The van der Waals surface area contributed by atoms with Crippen molar-refractivity contribution in [3.63, 3.8) is 0 Å². The number of nitrogens with zero attached hydrogens (tertiary/aromatic N) is 1. The summed E-state index contributed by atoms with van der Waals surface area (Å²) in [5.74, 6) is -0.469. The molecule has 0 radical (unpaired) electrons. The maximum atomic E-state index is 13.2. The van der Waals surface area contributed by atoms with Gasteiger partial charge in [-0.3, -0.25) is 9.78 Å². The number of alkyl halides is 3. The van der Waals surface area contributed by atoms with Gasteiger partial charge in [-0.25, -0.2) is 4.39 Å². The minimum absolute atomic E-state index is 0.125. The molecular weight excluding hydrogens is 404 g/mol. The molecule has 3 atom stereocenters. The van der Waals surface area contributed by atoms with Gasteiger partial charge in [0.05, 0.1) is 11.7 Å². The maximum Gasteiger partial charge on any atom is 0.253 e. The van der Waals surface area contributed by atoms with E-state index in [0.717, 1.165) is 16.8 Å². The van der Waals surface area contributed by atoms with E-state index in [1.54, 1.807) is 30.5 Å². The molecule has 8 heteroatoms. The molecule has 1 aromatic heterocycles. The van der Waals surface area contributed by atoms with Gasteiger partial charge in [-0.05, 0) is 23.1 Å². The third-order valence-electron chi connectivity index (χ3n) is 4.50. The van der Waals surface area contributed by atoms with Gasteiger partial charge in [0, 0.05) is 17.8 Å². The first kappa shape index (κ1) is 22.6. The van der Waals surface area contributed by atoms with Crippen molar-refractivity contribution in [1.29, 1.82) is 0 Å². The molecule has 5 nitrogen and oxygen atoms in total. The van der Waals surface area contributed by atoms with Gasteiger partial charge in [-0.2, -0.15) is 0 Å². The fourth-order valence-electron chi connectivity index (χ4n) is 2.67. The molecule has 0 aliphatic rings. The summed E-state index contributed by atoms with van der Waals surface area (Å²) in [6.45, 7) is 3.12. The van der Waals surface area contributed by atoms with E-state index >= 15 is 0 Å². The second kappa shape index (κ2) is 10.2. The molecule has 1 unspecified atom stereocenters. The molecule has 2 rings (SSSR count). The highest BCUT2D eigenvalue weighted by molar-refractivity contribution is 6.53. The summed E-state index contributed by atoms with van der Waals surface area (Å²) in [6, 6.07) is 9.48. The van der Waals surface area contributed by atoms with Crippen molar-refractivity contribution in [3.05, 3.63) is 53.9 Å². The van der Waals surface area contributed by atoms with Crippen molar-refractivity contribution in [2.24, 2.45) is 11.7 Å². The average molecular weight is 428 g/mol. The monoisotopic (exact) mass is 427 g/mol. The van der Waals surface area contributed by atoms with E-state index in [0.29, 0.717) is 5.56 Å². The topological polar surface area (TPSA) is 88.2 Å². The number of pyridine rings is 1. The van der Waals surface area contributed by atoms with Crippen molar-refractivity contribution in [1.82, 2.24) is 10.3 Å². The number of aliphatic hydroxyl groups excluding tert-OH is 1. The van der Waals surface area contributed by atoms with Crippen LogP contribution in [0, 0.1) is 5.92 Å². The predicted octanol–water partition coefficient (Wildman–Crippen LogP) is 3.70. The number of hydrogen-bond donors (Lipinski definition) is 3. The van der Waals surface area contributed by atoms with E-state index in [-0.39, 0.29) is 12.0 Å². The zero-order valence-corrected chi connectivity index (χ0v) is 17.2. The van der Waals surface area contributed by atoms with Gasteiger partial charge in [-0.15, -0.1) is 0 Å².